The first-order valence-corrected chi connectivity index (χ1v) is 6.96. The van der Waals surface area contributed by atoms with Crippen LogP contribution in [0.5, 0.6) is 5.75 Å². The normalized spacial score (nSPS) is 12.6. The largest absolute Gasteiger partial charge is 0.427 e. The van der Waals surface area contributed by atoms with Crippen LogP contribution in [0.15, 0.2) is 24.3 Å². The molecule has 0 saturated heterocycles. The number of halogens is 3. The third kappa shape index (κ3) is 4.25. The highest BCUT2D eigenvalue weighted by Crippen LogP contribution is 2.35. The van der Waals surface area contributed by atoms with E-state index in [2.05, 4.69) is 47.8 Å². The molecule has 15 heavy (non-hydrogen) atoms. The van der Waals surface area contributed by atoms with Crippen LogP contribution in [0.1, 0.15) is 17.3 Å². The Morgan fingerprint density at radius 3 is 2.13 bits per heavy atom. The fourth-order valence-electron chi connectivity index (χ4n) is 1.03. The van der Waals surface area contributed by atoms with Crippen LogP contribution in [0, 0.1) is 0 Å². The van der Waals surface area contributed by atoms with Gasteiger partial charge in [-0.2, -0.15) is 0 Å². The minimum absolute atomic E-state index is 0.157. The van der Waals surface area contributed by atoms with Crippen LogP contribution in [0.2, 0.25) is 0 Å². The maximum absolute atomic E-state index is 10.7. The molecule has 1 atom stereocenters. The van der Waals surface area contributed by atoms with Crippen molar-refractivity contribution >= 4 is 53.8 Å². The molecule has 1 rings (SSSR count). The summed E-state index contributed by atoms with van der Waals surface area (Å²) in [6.45, 7) is 1.38. The van der Waals surface area contributed by atoms with Crippen molar-refractivity contribution in [3.8, 4) is 5.75 Å². The molecule has 0 aromatic heterocycles. The molecule has 2 nitrogen and oxygen atoms in total. The van der Waals surface area contributed by atoms with Gasteiger partial charge in [0.2, 0.25) is 0 Å². The van der Waals surface area contributed by atoms with Gasteiger partial charge in [-0.05, 0) is 17.7 Å². The average molecular weight is 401 g/mol. The Bertz CT molecular complexity index is 335. The van der Waals surface area contributed by atoms with Crippen molar-refractivity contribution < 1.29 is 9.53 Å². The van der Waals surface area contributed by atoms with Gasteiger partial charge < -0.3 is 4.74 Å². The quantitative estimate of drug-likeness (QED) is 0.432. The summed E-state index contributed by atoms with van der Waals surface area (Å²) >= 11 is 10.4. The smallest absolute Gasteiger partial charge is 0.308 e. The molecule has 0 aliphatic carbocycles. The van der Waals surface area contributed by atoms with Gasteiger partial charge in [0, 0.05) is 6.92 Å². The standard InChI is InChI=1S/C10H9Br3O2/c1-6(14)15-8-4-2-7(3-5-8)9(11)10(12)13/h2-5,9-10H,1H3. The van der Waals surface area contributed by atoms with Crippen LogP contribution in [-0.4, -0.2) is 9.71 Å². The molecule has 0 aliphatic heterocycles. The minimum atomic E-state index is -0.308. The average Bonchev–Trinajstić information content (AvgIpc) is 2.17. The van der Waals surface area contributed by atoms with Crippen molar-refractivity contribution in [2.75, 3.05) is 0 Å². The van der Waals surface area contributed by atoms with Crippen molar-refractivity contribution in [3.63, 3.8) is 0 Å². The molecule has 0 saturated carbocycles. The summed E-state index contributed by atoms with van der Waals surface area (Å²) < 4.78 is 5.09. The van der Waals surface area contributed by atoms with E-state index in [-0.39, 0.29) is 14.5 Å². The third-order valence-electron chi connectivity index (χ3n) is 1.68. The number of hydrogen-bond acceptors (Lipinski definition) is 2. The SMILES string of the molecule is CC(=O)Oc1ccc(C(Br)C(Br)Br)cc1. The molecule has 1 unspecified atom stereocenters. The Labute approximate surface area is 114 Å². The molecule has 82 valence electrons. The van der Waals surface area contributed by atoms with Crippen molar-refractivity contribution in [2.45, 2.75) is 15.5 Å². The summed E-state index contributed by atoms with van der Waals surface area (Å²) in [4.78, 5) is 10.9. The lowest BCUT2D eigenvalue weighted by Gasteiger charge is -2.11. The second-order valence-corrected chi connectivity index (χ2v) is 7.09. The highest BCUT2D eigenvalue weighted by Gasteiger charge is 2.14. The fraction of sp³-hybridized carbons (Fsp3) is 0.300. The maximum Gasteiger partial charge on any atom is 0.308 e. The molecule has 0 bridgehead atoms. The zero-order valence-electron chi connectivity index (χ0n) is 7.91. The molecule has 0 amide bonds. The molecule has 1 aromatic carbocycles. The van der Waals surface area contributed by atoms with E-state index in [1.54, 1.807) is 12.1 Å². The van der Waals surface area contributed by atoms with E-state index in [1.807, 2.05) is 12.1 Å². The molecule has 1 aromatic rings. The van der Waals surface area contributed by atoms with E-state index in [0.717, 1.165) is 5.56 Å². The summed E-state index contributed by atoms with van der Waals surface area (Å²) in [7, 11) is 0. The topological polar surface area (TPSA) is 26.3 Å². The van der Waals surface area contributed by atoms with Gasteiger partial charge >= 0.3 is 5.97 Å². The van der Waals surface area contributed by atoms with Gasteiger partial charge in [0.15, 0.2) is 0 Å². The van der Waals surface area contributed by atoms with Gasteiger partial charge in [0.1, 0.15) is 5.75 Å². The summed E-state index contributed by atoms with van der Waals surface area (Å²) in [5.74, 6) is 0.253. The second-order valence-electron chi connectivity index (χ2n) is 2.90. The molecular weight excluding hydrogens is 392 g/mol. The molecular formula is C10H9Br3O2. The molecule has 0 spiro atoms. The van der Waals surface area contributed by atoms with E-state index in [0.29, 0.717) is 5.75 Å². The summed E-state index contributed by atoms with van der Waals surface area (Å²) in [5, 5.41) is 0. The highest BCUT2D eigenvalue weighted by atomic mass is 79.9. The van der Waals surface area contributed by atoms with Crippen LogP contribution < -0.4 is 4.74 Å². The molecule has 0 heterocycles. The lowest BCUT2D eigenvalue weighted by Crippen LogP contribution is -2.02. The first kappa shape index (κ1) is 13.2. The third-order valence-corrected chi connectivity index (χ3v) is 5.21. The minimum Gasteiger partial charge on any atom is -0.427 e. The monoisotopic (exact) mass is 398 g/mol. The van der Waals surface area contributed by atoms with Crippen molar-refractivity contribution in [1.82, 2.24) is 0 Å². The number of ether oxygens (including phenoxy) is 1. The lowest BCUT2D eigenvalue weighted by atomic mass is 10.2. The summed E-state index contributed by atoms with van der Waals surface area (Å²) in [6, 6.07) is 7.36. The molecule has 0 aliphatic rings. The molecule has 0 radical (unpaired) electrons. The van der Waals surface area contributed by atoms with Crippen LogP contribution in [0.4, 0.5) is 0 Å². The number of rotatable bonds is 3. The number of benzene rings is 1. The van der Waals surface area contributed by atoms with Crippen molar-refractivity contribution in [1.29, 1.82) is 0 Å². The first-order chi connectivity index (χ1) is 7.00. The van der Waals surface area contributed by atoms with Gasteiger partial charge in [0.25, 0.3) is 0 Å². The van der Waals surface area contributed by atoms with Gasteiger partial charge in [-0.1, -0.05) is 59.9 Å². The molecule has 0 N–H and O–H groups in total. The predicted molar refractivity (Wildman–Crippen MR) is 71.1 cm³/mol. The number of esters is 1. The van der Waals surface area contributed by atoms with E-state index in [9.17, 15) is 4.79 Å². The number of hydrogen-bond donors (Lipinski definition) is 0. The predicted octanol–water partition coefficient (Wildman–Crippen LogP) is 4.16. The Morgan fingerprint density at radius 1 is 1.20 bits per heavy atom. The van der Waals surface area contributed by atoms with Gasteiger partial charge in [-0.15, -0.1) is 0 Å². The van der Waals surface area contributed by atoms with Gasteiger partial charge in [0.05, 0.1) is 8.56 Å². The number of carbonyl (C=O) groups excluding carboxylic acids is 1. The van der Waals surface area contributed by atoms with E-state index < -0.39 is 0 Å². The molecule has 0 fully saturated rings. The van der Waals surface area contributed by atoms with Crippen molar-refractivity contribution in [3.05, 3.63) is 29.8 Å². The summed E-state index contributed by atoms with van der Waals surface area (Å²) in [5.41, 5.74) is 1.10. The highest BCUT2D eigenvalue weighted by molar-refractivity contribution is 9.25. The zero-order valence-corrected chi connectivity index (χ0v) is 12.7. The fourth-order valence-corrected chi connectivity index (χ4v) is 1.95. The van der Waals surface area contributed by atoms with Gasteiger partial charge in [-0.3, -0.25) is 4.79 Å². The molecule has 5 heteroatoms. The number of carbonyl (C=O) groups is 1. The second kappa shape index (κ2) is 6.01. The van der Waals surface area contributed by atoms with E-state index >= 15 is 0 Å². The van der Waals surface area contributed by atoms with Gasteiger partial charge in [-0.25, -0.2) is 0 Å². The summed E-state index contributed by atoms with van der Waals surface area (Å²) in [6.07, 6.45) is 0. The Kier molecular flexibility index (Phi) is 5.29. The maximum atomic E-state index is 10.7. The van der Waals surface area contributed by atoms with Crippen LogP contribution in [0.25, 0.3) is 0 Å². The Balaban J connectivity index is 2.76. The van der Waals surface area contributed by atoms with Crippen molar-refractivity contribution in [2.24, 2.45) is 0 Å². The Morgan fingerprint density at radius 2 is 1.73 bits per heavy atom. The van der Waals surface area contributed by atoms with E-state index in [1.165, 1.54) is 6.92 Å². The Hall–Kier alpha value is 0.130. The number of alkyl halides is 3. The zero-order chi connectivity index (χ0) is 11.4. The van der Waals surface area contributed by atoms with E-state index in [4.69, 9.17) is 4.74 Å². The lowest BCUT2D eigenvalue weighted by molar-refractivity contribution is -0.131. The first-order valence-electron chi connectivity index (χ1n) is 4.21. The van der Waals surface area contributed by atoms with Crippen LogP contribution >= 0.6 is 47.8 Å². The van der Waals surface area contributed by atoms with Crippen LogP contribution in [-0.2, 0) is 4.79 Å². The van der Waals surface area contributed by atoms with Crippen LogP contribution in [0.3, 0.4) is 0 Å².